The van der Waals surface area contributed by atoms with Crippen molar-refractivity contribution in [2.24, 2.45) is 35.5 Å². The van der Waals surface area contributed by atoms with Crippen LogP contribution in [0.2, 0.25) is 0 Å². The second-order valence-electron chi connectivity index (χ2n) is 10.2. The predicted molar refractivity (Wildman–Crippen MR) is 114 cm³/mol. The minimum Gasteiger partial charge on any atom is -0.381 e. The molecule has 1 unspecified atom stereocenters. The van der Waals surface area contributed by atoms with E-state index < -0.39 is 0 Å². The van der Waals surface area contributed by atoms with Crippen molar-refractivity contribution in [2.45, 2.75) is 97.3 Å². The Balaban J connectivity index is 1.47. The Labute approximate surface area is 169 Å². The van der Waals surface area contributed by atoms with Gasteiger partial charge in [0.2, 0.25) is 0 Å². The van der Waals surface area contributed by atoms with Gasteiger partial charge in [0.05, 0.1) is 0 Å². The van der Waals surface area contributed by atoms with E-state index in [4.69, 9.17) is 9.47 Å². The third kappa shape index (κ3) is 7.03. The van der Waals surface area contributed by atoms with Crippen LogP contribution in [-0.2, 0) is 9.47 Å². The molecule has 0 aromatic heterocycles. The Hall–Kier alpha value is -0.0800. The molecule has 0 bridgehead atoms. The minimum atomic E-state index is 0.815. The smallest absolute Gasteiger partial charge is 0.0496 e. The van der Waals surface area contributed by atoms with Crippen LogP contribution in [-0.4, -0.2) is 26.4 Å². The van der Waals surface area contributed by atoms with Gasteiger partial charge < -0.3 is 9.47 Å². The molecule has 0 N–H and O–H groups in total. The highest BCUT2D eigenvalue weighted by molar-refractivity contribution is 4.79. The molecule has 1 aliphatic carbocycles. The quantitative estimate of drug-likeness (QED) is 0.436. The van der Waals surface area contributed by atoms with Crippen LogP contribution >= 0.6 is 0 Å². The maximum absolute atomic E-state index is 5.76. The van der Waals surface area contributed by atoms with Gasteiger partial charge in [-0.05, 0) is 74.0 Å². The summed E-state index contributed by atoms with van der Waals surface area (Å²) in [6.45, 7) is 9.07. The van der Waals surface area contributed by atoms with Crippen molar-refractivity contribution in [3.05, 3.63) is 0 Å². The van der Waals surface area contributed by atoms with Gasteiger partial charge in [-0.3, -0.25) is 0 Å². The van der Waals surface area contributed by atoms with Crippen LogP contribution < -0.4 is 0 Å². The Morgan fingerprint density at radius 1 is 0.593 bits per heavy atom. The summed E-state index contributed by atoms with van der Waals surface area (Å²) >= 11 is 0. The summed E-state index contributed by atoms with van der Waals surface area (Å²) in [6, 6.07) is 0. The molecule has 3 fully saturated rings. The van der Waals surface area contributed by atoms with Gasteiger partial charge in [0.1, 0.15) is 0 Å². The van der Waals surface area contributed by atoms with Gasteiger partial charge in [-0.1, -0.05) is 58.8 Å². The minimum absolute atomic E-state index is 0.815. The van der Waals surface area contributed by atoms with Gasteiger partial charge in [0.25, 0.3) is 0 Å². The number of hydrogen-bond acceptors (Lipinski definition) is 2. The average molecular weight is 379 g/mol. The van der Waals surface area contributed by atoms with Gasteiger partial charge in [-0.25, -0.2) is 0 Å². The summed E-state index contributed by atoms with van der Waals surface area (Å²) in [5.41, 5.74) is 0. The van der Waals surface area contributed by atoms with Crippen molar-refractivity contribution in [1.82, 2.24) is 0 Å². The van der Waals surface area contributed by atoms with Crippen LogP contribution in [0.15, 0.2) is 0 Å². The third-order valence-electron chi connectivity index (χ3n) is 8.37. The first-order valence-electron chi connectivity index (χ1n) is 12.4. The molecule has 4 atom stereocenters. The summed E-state index contributed by atoms with van der Waals surface area (Å²) in [5.74, 6) is 5.47. The molecular weight excluding hydrogens is 332 g/mol. The van der Waals surface area contributed by atoms with E-state index in [2.05, 4.69) is 13.8 Å². The molecule has 0 aromatic carbocycles. The fourth-order valence-corrected chi connectivity index (χ4v) is 6.15. The van der Waals surface area contributed by atoms with Crippen molar-refractivity contribution in [1.29, 1.82) is 0 Å². The number of hydrogen-bond donors (Lipinski definition) is 0. The molecule has 3 aliphatic rings. The highest BCUT2D eigenvalue weighted by Crippen LogP contribution is 2.38. The van der Waals surface area contributed by atoms with Crippen LogP contribution in [0.1, 0.15) is 97.3 Å². The fourth-order valence-electron chi connectivity index (χ4n) is 6.15. The molecule has 0 radical (unpaired) electrons. The second kappa shape index (κ2) is 11.8. The molecule has 2 aliphatic heterocycles. The van der Waals surface area contributed by atoms with Gasteiger partial charge in [-0.15, -0.1) is 0 Å². The molecule has 1 saturated carbocycles. The monoisotopic (exact) mass is 378 g/mol. The Morgan fingerprint density at radius 2 is 1.22 bits per heavy atom. The van der Waals surface area contributed by atoms with Gasteiger partial charge >= 0.3 is 0 Å². The van der Waals surface area contributed by atoms with Crippen molar-refractivity contribution in [3.8, 4) is 0 Å². The van der Waals surface area contributed by atoms with E-state index in [-0.39, 0.29) is 0 Å². The van der Waals surface area contributed by atoms with Gasteiger partial charge in [0.15, 0.2) is 0 Å². The van der Waals surface area contributed by atoms with Crippen LogP contribution in [0.3, 0.4) is 0 Å². The second-order valence-corrected chi connectivity index (χ2v) is 10.2. The zero-order valence-corrected chi connectivity index (χ0v) is 18.3. The fraction of sp³-hybridized carbons (Fsp3) is 1.00. The van der Waals surface area contributed by atoms with E-state index in [9.17, 15) is 0 Å². The molecule has 158 valence electrons. The molecule has 2 heterocycles. The lowest BCUT2D eigenvalue weighted by atomic mass is 9.73. The zero-order valence-electron chi connectivity index (χ0n) is 18.3. The van der Waals surface area contributed by atoms with Crippen molar-refractivity contribution in [2.75, 3.05) is 26.4 Å². The van der Waals surface area contributed by atoms with Crippen LogP contribution in [0.4, 0.5) is 0 Å². The van der Waals surface area contributed by atoms with Gasteiger partial charge in [-0.2, -0.15) is 0 Å². The van der Waals surface area contributed by atoms with E-state index in [0.29, 0.717) is 0 Å². The summed E-state index contributed by atoms with van der Waals surface area (Å²) < 4.78 is 11.4. The maximum Gasteiger partial charge on any atom is 0.0496 e. The maximum atomic E-state index is 5.76. The van der Waals surface area contributed by atoms with Gasteiger partial charge in [0, 0.05) is 26.4 Å². The molecule has 2 nitrogen and oxygen atoms in total. The lowest BCUT2D eigenvalue weighted by Crippen LogP contribution is -2.27. The topological polar surface area (TPSA) is 18.5 Å². The molecule has 0 amide bonds. The van der Waals surface area contributed by atoms with Crippen LogP contribution in [0.5, 0.6) is 0 Å². The summed E-state index contributed by atoms with van der Waals surface area (Å²) in [7, 11) is 0. The Kier molecular flexibility index (Phi) is 9.46. The summed E-state index contributed by atoms with van der Waals surface area (Å²) in [6.07, 6.45) is 18.5. The Bertz CT molecular complexity index is 350. The van der Waals surface area contributed by atoms with E-state index in [1.165, 1.54) is 83.5 Å². The average Bonchev–Trinajstić information content (AvgIpc) is 2.75. The third-order valence-corrected chi connectivity index (χ3v) is 8.37. The molecule has 0 aromatic rings. The largest absolute Gasteiger partial charge is 0.381 e. The summed E-state index contributed by atoms with van der Waals surface area (Å²) in [5, 5.41) is 0. The first-order valence-corrected chi connectivity index (χ1v) is 12.4. The van der Waals surface area contributed by atoms with E-state index in [0.717, 1.165) is 61.9 Å². The predicted octanol–water partition coefficient (Wildman–Crippen LogP) is 6.87. The lowest BCUT2D eigenvalue weighted by Gasteiger charge is -2.34. The van der Waals surface area contributed by atoms with E-state index in [1.54, 1.807) is 0 Å². The summed E-state index contributed by atoms with van der Waals surface area (Å²) in [4.78, 5) is 0. The van der Waals surface area contributed by atoms with Crippen molar-refractivity contribution in [3.63, 3.8) is 0 Å². The first-order chi connectivity index (χ1) is 13.2. The lowest BCUT2D eigenvalue weighted by molar-refractivity contribution is 0.0242. The molecule has 0 spiro atoms. The standard InChI is InChI=1S/C25H46O2/c1-20(22-7-4-3-5-8-22)10-12-23(24-14-17-26-18-15-24)13-11-21(2)25-9-6-16-27-19-25/h20-25H,3-19H2,1-2H3/t20-,21+,23-,25?/m0/s1. The van der Waals surface area contributed by atoms with Crippen molar-refractivity contribution >= 4 is 0 Å². The Morgan fingerprint density at radius 3 is 1.85 bits per heavy atom. The molecule has 27 heavy (non-hydrogen) atoms. The number of ether oxygens (including phenoxy) is 2. The highest BCUT2D eigenvalue weighted by Gasteiger charge is 2.28. The van der Waals surface area contributed by atoms with Crippen LogP contribution in [0, 0.1) is 35.5 Å². The number of rotatable bonds is 9. The zero-order chi connectivity index (χ0) is 18.9. The first kappa shape index (κ1) is 21.6. The molecule has 3 rings (SSSR count). The van der Waals surface area contributed by atoms with Crippen LogP contribution in [0.25, 0.3) is 0 Å². The molecular formula is C25H46O2. The SMILES string of the molecule is C[C@H](CC[C@H](CC[C@H](C)C1CCCCC1)C1CCOCC1)C1CCCOC1. The molecule has 2 heteroatoms. The van der Waals surface area contributed by atoms with E-state index >= 15 is 0 Å². The highest BCUT2D eigenvalue weighted by atomic mass is 16.5. The molecule has 2 saturated heterocycles. The van der Waals surface area contributed by atoms with Crippen molar-refractivity contribution < 1.29 is 9.47 Å². The van der Waals surface area contributed by atoms with E-state index in [1.807, 2.05) is 0 Å². The normalized spacial score (nSPS) is 29.3.